The van der Waals surface area contributed by atoms with E-state index in [1.807, 2.05) is 38.1 Å². The Labute approximate surface area is 146 Å². The fourth-order valence-electron chi connectivity index (χ4n) is 2.32. The molecule has 0 radical (unpaired) electrons. The number of thiazole rings is 1. The monoisotopic (exact) mass is 370 g/mol. The zero-order valence-corrected chi connectivity index (χ0v) is 15.7. The Bertz CT molecular complexity index is 766. The Hall–Kier alpha value is -1.51. The zero-order chi connectivity index (χ0) is 17.7. The molecule has 0 spiro atoms. The minimum absolute atomic E-state index is 0.00327. The third-order valence-corrected chi connectivity index (χ3v) is 6.18. The standard InChI is InChI=1S/C16H22N2O4S2/c1-12(2)10-24(20,21)11-15(19)18(8-9-22-3)16-17-13-6-4-5-7-14(13)23-16/h4-7,12H,8-11H2,1-3H3. The van der Waals surface area contributed by atoms with Gasteiger partial charge in [-0.3, -0.25) is 9.69 Å². The topological polar surface area (TPSA) is 76.6 Å². The minimum atomic E-state index is -3.44. The molecule has 2 rings (SSSR count). The normalized spacial score (nSPS) is 12.0. The Kier molecular flexibility index (Phi) is 6.31. The van der Waals surface area contributed by atoms with Crippen molar-refractivity contribution in [3.05, 3.63) is 24.3 Å². The number of sulfone groups is 1. The van der Waals surface area contributed by atoms with Gasteiger partial charge in [-0.15, -0.1) is 0 Å². The highest BCUT2D eigenvalue weighted by Crippen LogP contribution is 2.28. The SMILES string of the molecule is COCCN(C(=O)CS(=O)(=O)CC(C)C)c1nc2ccccc2s1. The summed E-state index contributed by atoms with van der Waals surface area (Å²) in [4.78, 5) is 18.4. The summed E-state index contributed by atoms with van der Waals surface area (Å²) in [5.74, 6) is -0.994. The number of fused-ring (bicyclic) bond motifs is 1. The van der Waals surface area contributed by atoms with E-state index >= 15 is 0 Å². The van der Waals surface area contributed by atoms with E-state index < -0.39 is 21.5 Å². The Morgan fingerprint density at radius 1 is 1.33 bits per heavy atom. The number of amides is 1. The van der Waals surface area contributed by atoms with Crippen molar-refractivity contribution in [2.45, 2.75) is 13.8 Å². The molecule has 1 aromatic heterocycles. The third kappa shape index (κ3) is 4.99. The van der Waals surface area contributed by atoms with Gasteiger partial charge in [-0.05, 0) is 18.1 Å². The molecule has 0 aliphatic rings. The second-order valence-corrected chi connectivity index (χ2v) is 9.07. The first-order valence-corrected chi connectivity index (χ1v) is 10.3. The number of nitrogens with zero attached hydrogens (tertiary/aromatic N) is 2. The average molecular weight is 370 g/mol. The van der Waals surface area contributed by atoms with Crippen molar-refractivity contribution in [1.82, 2.24) is 4.98 Å². The van der Waals surface area contributed by atoms with Gasteiger partial charge < -0.3 is 4.74 Å². The molecule has 1 amide bonds. The van der Waals surface area contributed by atoms with Crippen LogP contribution in [0.25, 0.3) is 10.2 Å². The summed E-state index contributed by atoms with van der Waals surface area (Å²) in [5, 5.41) is 0.498. The molecule has 0 bridgehead atoms. The molecule has 0 aliphatic heterocycles. The van der Waals surface area contributed by atoms with Gasteiger partial charge in [-0.1, -0.05) is 37.3 Å². The van der Waals surface area contributed by atoms with Crippen molar-refractivity contribution in [3.63, 3.8) is 0 Å². The quantitative estimate of drug-likeness (QED) is 0.713. The van der Waals surface area contributed by atoms with E-state index in [9.17, 15) is 13.2 Å². The maximum atomic E-state index is 12.6. The lowest BCUT2D eigenvalue weighted by atomic mass is 10.3. The van der Waals surface area contributed by atoms with Gasteiger partial charge in [0.15, 0.2) is 15.0 Å². The fraction of sp³-hybridized carbons (Fsp3) is 0.500. The van der Waals surface area contributed by atoms with Gasteiger partial charge >= 0.3 is 0 Å². The second-order valence-electron chi connectivity index (χ2n) is 5.95. The number of aromatic nitrogens is 1. The molecular weight excluding hydrogens is 348 g/mol. The summed E-state index contributed by atoms with van der Waals surface area (Å²) in [6, 6.07) is 7.56. The van der Waals surface area contributed by atoms with Crippen LogP contribution in [0.15, 0.2) is 24.3 Å². The lowest BCUT2D eigenvalue weighted by Crippen LogP contribution is -2.38. The van der Waals surface area contributed by atoms with Gasteiger partial charge in [0.2, 0.25) is 5.91 Å². The fourth-order valence-corrected chi connectivity index (χ4v) is 4.99. The molecule has 8 heteroatoms. The van der Waals surface area contributed by atoms with Gasteiger partial charge in [0.25, 0.3) is 0 Å². The Morgan fingerprint density at radius 3 is 2.67 bits per heavy atom. The predicted octanol–water partition coefficient (Wildman–Crippen LogP) is 2.35. The molecule has 0 fully saturated rings. The molecule has 1 aromatic carbocycles. The van der Waals surface area contributed by atoms with Crippen LogP contribution in [-0.4, -0.2) is 51.1 Å². The van der Waals surface area contributed by atoms with Crippen molar-refractivity contribution in [2.75, 3.05) is 36.7 Å². The number of anilines is 1. The first-order valence-electron chi connectivity index (χ1n) is 7.67. The summed E-state index contributed by atoms with van der Waals surface area (Å²) in [7, 11) is -1.91. The van der Waals surface area contributed by atoms with Crippen molar-refractivity contribution >= 4 is 42.4 Å². The van der Waals surface area contributed by atoms with E-state index in [2.05, 4.69) is 4.98 Å². The molecule has 1 heterocycles. The molecule has 2 aromatic rings. The maximum absolute atomic E-state index is 12.6. The summed E-state index contributed by atoms with van der Waals surface area (Å²) >= 11 is 1.37. The summed E-state index contributed by atoms with van der Waals surface area (Å²) < 4.78 is 30.3. The van der Waals surface area contributed by atoms with E-state index in [-0.39, 0.29) is 18.2 Å². The number of ether oxygens (including phenoxy) is 1. The van der Waals surface area contributed by atoms with Crippen molar-refractivity contribution in [2.24, 2.45) is 5.92 Å². The van der Waals surface area contributed by atoms with E-state index in [1.54, 1.807) is 0 Å². The van der Waals surface area contributed by atoms with Crippen LogP contribution in [-0.2, 0) is 19.4 Å². The van der Waals surface area contributed by atoms with Gasteiger partial charge in [-0.2, -0.15) is 0 Å². The van der Waals surface area contributed by atoms with Crippen LogP contribution >= 0.6 is 11.3 Å². The Morgan fingerprint density at radius 2 is 2.04 bits per heavy atom. The molecule has 0 saturated carbocycles. The van der Waals surface area contributed by atoms with Gasteiger partial charge in [0.05, 0.1) is 29.1 Å². The number of hydrogen-bond acceptors (Lipinski definition) is 6. The van der Waals surface area contributed by atoms with Crippen LogP contribution in [0.2, 0.25) is 0 Å². The smallest absolute Gasteiger partial charge is 0.244 e. The van der Waals surface area contributed by atoms with Crippen LogP contribution in [0.3, 0.4) is 0 Å². The maximum Gasteiger partial charge on any atom is 0.244 e. The van der Waals surface area contributed by atoms with Crippen LogP contribution < -0.4 is 4.90 Å². The van der Waals surface area contributed by atoms with Crippen molar-refractivity contribution < 1.29 is 17.9 Å². The first-order chi connectivity index (χ1) is 11.3. The summed E-state index contributed by atoms with van der Waals surface area (Å²) in [6.07, 6.45) is 0. The highest BCUT2D eigenvalue weighted by molar-refractivity contribution is 7.92. The first kappa shape index (κ1) is 18.8. The molecular formula is C16H22N2O4S2. The average Bonchev–Trinajstić information content (AvgIpc) is 2.89. The number of rotatable bonds is 8. The van der Waals surface area contributed by atoms with E-state index in [4.69, 9.17) is 4.74 Å². The van der Waals surface area contributed by atoms with Crippen LogP contribution in [0.5, 0.6) is 0 Å². The molecule has 6 nitrogen and oxygen atoms in total. The lowest BCUT2D eigenvalue weighted by molar-refractivity contribution is -0.116. The number of hydrogen-bond donors (Lipinski definition) is 0. The predicted molar refractivity (Wildman–Crippen MR) is 97.3 cm³/mol. The number of para-hydroxylation sites is 1. The molecule has 132 valence electrons. The van der Waals surface area contributed by atoms with Gasteiger partial charge in [0, 0.05) is 7.11 Å². The minimum Gasteiger partial charge on any atom is -0.383 e. The molecule has 0 N–H and O–H groups in total. The van der Waals surface area contributed by atoms with Crippen LogP contribution in [0.4, 0.5) is 5.13 Å². The third-order valence-electron chi connectivity index (χ3n) is 3.26. The Balaban J connectivity index is 2.25. The molecule has 0 atom stereocenters. The number of benzene rings is 1. The second kappa shape index (κ2) is 8.04. The van der Waals surface area contributed by atoms with Crippen molar-refractivity contribution in [3.8, 4) is 0 Å². The molecule has 24 heavy (non-hydrogen) atoms. The molecule has 0 saturated heterocycles. The highest BCUT2D eigenvalue weighted by atomic mass is 32.2. The van der Waals surface area contributed by atoms with Crippen LogP contribution in [0, 0.1) is 5.92 Å². The number of carbonyl (C=O) groups excluding carboxylic acids is 1. The van der Waals surface area contributed by atoms with E-state index in [0.29, 0.717) is 11.7 Å². The number of carbonyl (C=O) groups is 1. The van der Waals surface area contributed by atoms with Gasteiger partial charge in [0.1, 0.15) is 5.75 Å². The summed E-state index contributed by atoms with van der Waals surface area (Å²) in [5.41, 5.74) is 0.790. The zero-order valence-electron chi connectivity index (χ0n) is 14.1. The summed E-state index contributed by atoms with van der Waals surface area (Å²) in [6.45, 7) is 4.22. The van der Waals surface area contributed by atoms with Crippen LogP contribution in [0.1, 0.15) is 13.8 Å². The number of methoxy groups -OCH3 is 1. The highest BCUT2D eigenvalue weighted by Gasteiger charge is 2.25. The molecule has 0 aliphatic carbocycles. The lowest BCUT2D eigenvalue weighted by Gasteiger charge is -2.19. The largest absolute Gasteiger partial charge is 0.383 e. The van der Waals surface area contributed by atoms with E-state index in [0.717, 1.165) is 10.2 Å². The van der Waals surface area contributed by atoms with E-state index in [1.165, 1.54) is 23.3 Å². The molecule has 0 unspecified atom stereocenters. The van der Waals surface area contributed by atoms with Gasteiger partial charge in [-0.25, -0.2) is 13.4 Å². The van der Waals surface area contributed by atoms with Crippen molar-refractivity contribution in [1.29, 1.82) is 0 Å².